The van der Waals surface area contributed by atoms with Gasteiger partial charge in [-0.3, -0.25) is 0 Å². The first-order valence-corrected chi connectivity index (χ1v) is 8.55. The quantitative estimate of drug-likeness (QED) is 0.758. The van der Waals surface area contributed by atoms with E-state index >= 15 is 0 Å². The number of benzene rings is 2. The molecule has 0 heterocycles. The summed E-state index contributed by atoms with van der Waals surface area (Å²) in [6.07, 6.45) is -2.13. The number of halogens is 3. The summed E-state index contributed by atoms with van der Waals surface area (Å²) in [6, 6.07) is 10.9. The Morgan fingerprint density at radius 3 is 2.78 bits per heavy atom. The lowest BCUT2D eigenvalue weighted by molar-refractivity contribution is -0.274. The van der Waals surface area contributed by atoms with Gasteiger partial charge >= 0.3 is 12.4 Å². The maximum atomic E-state index is 12.3. The number of anilines is 1. The molecule has 8 heteroatoms. The zero-order valence-corrected chi connectivity index (χ0v) is 14.5. The Balaban J connectivity index is 1.55. The van der Waals surface area contributed by atoms with Crippen molar-refractivity contribution in [1.29, 1.82) is 0 Å². The monoisotopic (exact) mass is 379 g/mol. The van der Waals surface area contributed by atoms with E-state index in [0.29, 0.717) is 11.3 Å². The van der Waals surface area contributed by atoms with Crippen molar-refractivity contribution in [1.82, 2.24) is 5.32 Å². The molecular formula is C19H20F3N3O2. The highest BCUT2D eigenvalue weighted by molar-refractivity contribution is 5.89. The molecule has 27 heavy (non-hydrogen) atoms. The largest absolute Gasteiger partial charge is 0.573 e. The fourth-order valence-electron chi connectivity index (χ4n) is 3.07. The zero-order chi connectivity index (χ0) is 19.4. The van der Waals surface area contributed by atoms with E-state index in [9.17, 15) is 18.0 Å². The van der Waals surface area contributed by atoms with Gasteiger partial charge in [0.05, 0.1) is 0 Å². The minimum absolute atomic E-state index is 0.0701. The molecule has 1 unspecified atom stereocenters. The molecule has 0 saturated heterocycles. The van der Waals surface area contributed by atoms with Crippen LogP contribution in [-0.4, -0.2) is 18.4 Å². The molecule has 5 nitrogen and oxygen atoms in total. The topological polar surface area (TPSA) is 76.4 Å². The van der Waals surface area contributed by atoms with E-state index in [-0.39, 0.29) is 18.3 Å². The van der Waals surface area contributed by atoms with Crippen LogP contribution in [0.1, 0.15) is 23.1 Å². The van der Waals surface area contributed by atoms with Gasteiger partial charge < -0.3 is 21.1 Å². The van der Waals surface area contributed by atoms with Gasteiger partial charge in [-0.1, -0.05) is 18.2 Å². The summed E-state index contributed by atoms with van der Waals surface area (Å²) in [7, 11) is 0. The summed E-state index contributed by atoms with van der Waals surface area (Å²) in [5, 5.41) is 5.35. The predicted octanol–water partition coefficient (Wildman–Crippen LogP) is 3.72. The number of fused-ring (bicyclic) bond motifs is 1. The number of rotatable bonds is 4. The van der Waals surface area contributed by atoms with Crippen molar-refractivity contribution in [2.24, 2.45) is 5.73 Å². The zero-order valence-electron chi connectivity index (χ0n) is 14.5. The highest BCUT2D eigenvalue weighted by Gasteiger charge is 2.31. The summed E-state index contributed by atoms with van der Waals surface area (Å²) in [6.45, 7) is 0.0701. The third-order valence-electron chi connectivity index (χ3n) is 4.32. The molecule has 1 atom stereocenters. The number of carbonyl (C=O) groups excluding carboxylic acids is 1. The Labute approximate surface area is 154 Å². The second-order valence-electron chi connectivity index (χ2n) is 6.49. The summed E-state index contributed by atoms with van der Waals surface area (Å²) in [5.74, 6) is -0.324. The van der Waals surface area contributed by atoms with E-state index in [4.69, 9.17) is 5.73 Å². The number of hydrogen-bond donors (Lipinski definition) is 3. The summed E-state index contributed by atoms with van der Waals surface area (Å²) in [5.41, 5.74) is 9.48. The number of carbonyl (C=O) groups is 1. The molecular weight excluding hydrogens is 359 g/mol. The van der Waals surface area contributed by atoms with Crippen LogP contribution in [0.3, 0.4) is 0 Å². The molecule has 2 aromatic rings. The molecule has 0 aliphatic heterocycles. The van der Waals surface area contributed by atoms with Gasteiger partial charge in [0, 0.05) is 18.3 Å². The number of alkyl halides is 3. The third kappa shape index (κ3) is 5.62. The SMILES string of the molecule is NC1CCc2cc(NC(=O)NCc3cccc(OC(F)(F)F)c3)ccc2C1. The van der Waals surface area contributed by atoms with Gasteiger partial charge in [0.25, 0.3) is 0 Å². The van der Waals surface area contributed by atoms with Crippen LogP contribution in [0.4, 0.5) is 23.7 Å². The lowest BCUT2D eigenvalue weighted by Crippen LogP contribution is -2.29. The van der Waals surface area contributed by atoms with Crippen molar-refractivity contribution in [3.8, 4) is 5.75 Å². The predicted molar refractivity (Wildman–Crippen MR) is 95.4 cm³/mol. The van der Waals surface area contributed by atoms with Crippen LogP contribution >= 0.6 is 0 Å². The maximum absolute atomic E-state index is 12.3. The number of nitrogens with two attached hydrogens (primary N) is 1. The second kappa shape index (κ2) is 7.87. The number of nitrogens with one attached hydrogen (secondary N) is 2. The van der Waals surface area contributed by atoms with Crippen molar-refractivity contribution in [2.45, 2.75) is 38.2 Å². The molecule has 4 N–H and O–H groups in total. The smallest absolute Gasteiger partial charge is 0.406 e. The molecule has 0 aromatic heterocycles. The maximum Gasteiger partial charge on any atom is 0.573 e. The molecule has 0 saturated carbocycles. The van der Waals surface area contributed by atoms with Gasteiger partial charge in [0.1, 0.15) is 5.75 Å². The standard InChI is InChI=1S/C19H20F3N3O2/c20-19(21,22)27-17-3-1-2-12(8-17)11-24-18(26)25-16-7-5-13-9-15(23)6-4-14(13)10-16/h1-3,5,7-8,10,15H,4,6,9,11,23H2,(H2,24,25,26). The van der Waals surface area contributed by atoms with Gasteiger partial charge in [0.15, 0.2) is 0 Å². The number of amides is 2. The number of hydrogen-bond acceptors (Lipinski definition) is 3. The van der Waals surface area contributed by atoms with E-state index in [1.807, 2.05) is 18.2 Å². The van der Waals surface area contributed by atoms with Crippen LogP contribution < -0.4 is 21.1 Å². The Morgan fingerprint density at radius 2 is 2.00 bits per heavy atom. The normalized spacial score (nSPS) is 16.4. The highest BCUT2D eigenvalue weighted by atomic mass is 19.4. The number of ether oxygens (including phenoxy) is 1. The molecule has 0 spiro atoms. The van der Waals surface area contributed by atoms with Crippen molar-refractivity contribution < 1.29 is 22.7 Å². The van der Waals surface area contributed by atoms with Gasteiger partial charge in [-0.15, -0.1) is 13.2 Å². The summed E-state index contributed by atoms with van der Waals surface area (Å²) >= 11 is 0. The molecule has 144 valence electrons. The number of aryl methyl sites for hydroxylation is 1. The van der Waals surface area contributed by atoms with Crippen LogP contribution in [0.5, 0.6) is 5.75 Å². The van der Waals surface area contributed by atoms with E-state index in [1.165, 1.54) is 29.3 Å². The Bertz CT molecular complexity index is 824. The average Bonchev–Trinajstić information content (AvgIpc) is 2.59. The van der Waals surface area contributed by atoms with Gasteiger partial charge in [-0.05, 0) is 60.2 Å². The van der Waals surface area contributed by atoms with E-state index in [1.54, 1.807) is 6.07 Å². The highest BCUT2D eigenvalue weighted by Crippen LogP contribution is 2.24. The fraction of sp³-hybridized carbons (Fsp3) is 0.316. The van der Waals surface area contributed by atoms with Crippen LogP contribution in [0.2, 0.25) is 0 Å². The first-order chi connectivity index (χ1) is 12.8. The van der Waals surface area contributed by atoms with E-state index in [0.717, 1.165) is 19.3 Å². The first-order valence-electron chi connectivity index (χ1n) is 8.55. The molecule has 0 fully saturated rings. The van der Waals surface area contributed by atoms with Crippen LogP contribution in [-0.2, 0) is 19.4 Å². The van der Waals surface area contributed by atoms with Crippen molar-refractivity contribution in [3.63, 3.8) is 0 Å². The summed E-state index contributed by atoms with van der Waals surface area (Å²) in [4.78, 5) is 12.1. The molecule has 2 amide bonds. The minimum atomic E-state index is -4.75. The van der Waals surface area contributed by atoms with Gasteiger partial charge in [-0.25, -0.2) is 4.79 Å². The Morgan fingerprint density at radius 1 is 1.19 bits per heavy atom. The fourth-order valence-corrected chi connectivity index (χ4v) is 3.07. The molecule has 2 aromatic carbocycles. The average molecular weight is 379 g/mol. The molecule has 0 radical (unpaired) electrons. The second-order valence-corrected chi connectivity index (χ2v) is 6.49. The molecule has 1 aliphatic rings. The summed E-state index contributed by atoms with van der Waals surface area (Å²) < 4.78 is 40.7. The lowest BCUT2D eigenvalue weighted by atomic mass is 9.88. The molecule has 0 bridgehead atoms. The number of urea groups is 1. The van der Waals surface area contributed by atoms with Gasteiger partial charge in [-0.2, -0.15) is 0 Å². The van der Waals surface area contributed by atoms with Crippen LogP contribution in [0.15, 0.2) is 42.5 Å². The van der Waals surface area contributed by atoms with Crippen molar-refractivity contribution >= 4 is 11.7 Å². The van der Waals surface area contributed by atoms with E-state index in [2.05, 4.69) is 15.4 Å². The third-order valence-corrected chi connectivity index (χ3v) is 4.32. The van der Waals surface area contributed by atoms with Crippen molar-refractivity contribution in [2.75, 3.05) is 5.32 Å². The Kier molecular flexibility index (Phi) is 5.55. The van der Waals surface area contributed by atoms with Crippen LogP contribution in [0, 0.1) is 0 Å². The van der Waals surface area contributed by atoms with E-state index < -0.39 is 12.4 Å². The molecule has 3 rings (SSSR count). The lowest BCUT2D eigenvalue weighted by Gasteiger charge is -2.22. The van der Waals surface area contributed by atoms with Crippen molar-refractivity contribution in [3.05, 3.63) is 59.2 Å². The van der Waals surface area contributed by atoms with Gasteiger partial charge in [0.2, 0.25) is 0 Å². The molecule has 1 aliphatic carbocycles. The first kappa shape index (κ1) is 19.0. The Hall–Kier alpha value is -2.74. The minimum Gasteiger partial charge on any atom is -0.406 e. The van der Waals surface area contributed by atoms with Crippen LogP contribution in [0.25, 0.3) is 0 Å².